The molecule has 2 heterocycles. The predicted molar refractivity (Wildman–Crippen MR) is 274 cm³/mol. The average molecular weight is 829 g/mol. The van der Waals surface area contributed by atoms with E-state index in [9.17, 15) is 0 Å². The van der Waals surface area contributed by atoms with Crippen LogP contribution in [0.3, 0.4) is 0 Å². The van der Waals surface area contributed by atoms with Crippen LogP contribution in [0.1, 0.15) is 107 Å². The van der Waals surface area contributed by atoms with Gasteiger partial charge in [0.25, 0.3) is 0 Å². The molecule has 0 saturated heterocycles. The van der Waals surface area contributed by atoms with Gasteiger partial charge in [0.2, 0.25) is 0 Å². The molecular formula is C62H56N2. The summed E-state index contributed by atoms with van der Waals surface area (Å²) in [7, 11) is 0. The number of hydrogen-bond donors (Lipinski definition) is 0. The lowest BCUT2D eigenvalue weighted by Gasteiger charge is -2.42. The molecule has 10 aromatic rings. The van der Waals surface area contributed by atoms with Crippen molar-refractivity contribution in [3.05, 3.63) is 189 Å². The standard InChI is InChI=1S/C62H56N2/c1-33-25-45(26-34(2)37(33)5)43-21-23-55-51(29-43)53-31-49-39(7)42(10)58-60-50(40(8)41(9)57(59(49)60)61(53)63(55)47-17-13-11-14-18-47)32-54-52-30-44(46-27-35(3)38(6)36(4)28-46)22-24-56(52)64(62(54)58)48-19-15-12-16-20-48/h11-32,39-42H,1-10H3. The molecule has 0 amide bonds. The van der Waals surface area contributed by atoms with Crippen LogP contribution in [0.25, 0.3) is 88.4 Å². The second-order valence-electron chi connectivity index (χ2n) is 19.7. The van der Waals surface area contributed by atoms with Gasteiger partial charge in [-0.3, -0.25) is 0 Å². The van der Waals surface area contributed by atoms with Gasteiger partial charge < -0.3 is 9.13 Å². The Bertz CT molecular complexity index is 3330. The molecule has 2 aliphatic carbocycles. The second-order valence-corrected chi connectivity index (χ2v) is 19.7. The first-order valence-electron chi connectivity index (χ1n) is 23.5. The zero-order valence-electron chi connectivity index (χ0n) is 38.9. The first kappa shape index (κ1) is 39.0. The molecule has 8 aromatic carbocycles. The minimum atomic E-state index is 0.293. The molecule has 0 saturated carbocycles. The van der Waals surface area contributed by atoms with E-state index in [1.54, 1.807) is 0 Å². The van der Waals surface area contributed by atoms with Gasteiger partial charge in [-0.05, 0) is 215 Å². The fraction of sp³-hybridized carbons (Fsp3) is 0.226. The highest BCUT2D eigenvalue weighted by Crippen LogP contribution is 2.61. The zero-order chi connectivity index (χ0) is 44.0. The number of nitrogens with zero attached hydrogens (tertiary/aromatic N) is 2. The first-order chi connectivity index (χ1) is 30.9. The first-order valence-corrected chi connectivity index (χ1v) is 23.5. The summed E-state index contributed by atoms with van der Waals surface area (Å²) in [4.78, 5) is 0. The van der Waals surface area contributed by atoms with E-state index in [1.165, 1.54) is 144 Å². The van der Waals surface area contributed by atoms with Crippen LogP contribution in [-0.4, -0.2) is 9.13 Å². The molecule has 0 fully saturated rings. The Labute approximate surface area is 377 Å². The van der Waals surface area contributed by atoms with Gasteiger partial charge in [0.1, 0.15) is 0 Å². The lowest BCUT2D eigenvalue weighted by atomic mass is 9.62. The summed E-state index contributed by atoms with van der Waals surface area (Å²) in [6.45, 7) is 23.5. The van der Waals surface area contributed by atoms with Crippen LogP contribution in [0, 0.1) is 41.5 Å². The summed E-state index contributed by atoms with van der Waals surface area (Å²) in [5.41, 5.74) is 29.9. The van der Waals surface area contributed by atoms with E-state index in [-0.39, 0.29) is 0 Å². The number of aromatic nitrogens is 2. The van der Waals surface area contributed by atoms with Crippen LogP contribution in [0.5, 0.6) is 0 Å². The quantitative estimate of drug-likeness (QED) is 0.167. The van der Waals surface area contributed by atoms with E-state index in [4.69, 9.17) is 0 Å². The summed E-state index contributed by atoms with van der Waals surface area (Å²) in [6, 6.07) is 51.4. The summed E-state index contributed by atoms with van der Waals surface area (Å²) in [5.74, 6) is 1.20. The minimum absolute atomic E-state index is 0.293. The van der Waals surface area contributed by atoms with Gasteiger partial charge in [-0.2, -0.15) is 0 Å². The zero-order valence-corrected chi connectivity index (χ0v) is 38.9. The maximum Gasteiger partial charge on any atom is 0.0582 e. The predicted octanol–water partition coefficient (Wildman–Crippen LogP) is 17.2. The molecule has 4 atom stereocenters. The number of benzene rings is 8. The Morgan fingerprint density at radius 2 is 0.703 bits per heavy atom. The van der Waals surface area contributed by atoms with E-state index in [0.717, 1.165) is 0 Å². The van der Waals surface area contributed by atoms with Crippen molar-refractivity contribution in [2.24, 2.45) is 0 Å². The van der Waals surface area contributed by atoms with E-state index >= 15 is 0 Å². The molecule has 4 unspecified atom stereocenters. The Morgan fingerprint density at radius 3 is 1.06 bits per heavy atom. The fourth-order valence-corrected chi connectivity index (χ4v) is 12.1. The summed E-state index contributed by atoms with van der Waals surface area (Å²) >= 11 is 0. The Balaban J connectivity index is 1.21. The van der Waals surface area contributed by atoms with Crippen molar-refractivity contribution in [3.63, 3.8) is 0 Å². The molecule has 0 radical (unpaired) electrons. The van der Waals surface area contributed by atoms with Crippen molar-refractivity contribution in [2.45, 2.75) is 92.9 Å². The highest BCUT2D eigenvalue weighted by molar-refractivity contribution is 6.17. The highest BCUT2D eigenvalue weighted by Gasteiger charge is 2.42. The maximum atomic E-state index is 2.62. The van der Waals surface area contributed by atoms with Crippen LogP contribution in [-0.2, 0) is 0 Å². The molecule has 0 aliphatic heterocycles. The van der Waals surface area contributed by atoms with Crippen LogP contribution in [0.4, 0.5) is 0 Å². The lowest BCUT2D eigenvalue weighted by Crippen LogP contribution is -2.24. The van der Waals surface area contributed by atoms with Gasteiger partial charge in [0.15, 0.2) is 0 Å². The van der Waals surface area contributed by atoms with Crippen molar-refractivity contribution < 1.29 is 0 Å². The molecule has 0 spiro atoms. The van der Waals surface area contributed by atoms with Gasteiger partial charge in [-0.15, -0.1) is 0 Å². The average Bonchev–Trinajstić information content (AvgIpc) is 3.81. The molecule has 0 bridgehead atoms. The maximum absolute atomic E-state index is 2.62. The van der Waals surface area contributed by atoms with E-state index in [2.05, 4.69) is 212 Å². The minimum Gasteiger partial charge on any atom is -0.309 e. The van der Waals surface area contributed by atoms with Gasteiger partial charge in [0, 0.05) is 32.9 Å². The van der Waals surface area contributed by atoms with Crippen LogP contribution < -0.4 is 0 Å². The highest BCUT2D eigenvalue weighted by atomic mass is 15.0. The van der Waals surface area contributed by atoms with Gasteiger partial charge in [-0.1, -0.05) is 100 Å². The Hall–Kier alpha value is -6.64. The molecule has 2 heteroatoms. The van der Waals surface area contributed by atoms with Gasteiger partial charge in [0.05, 0.1) is 22.1 Å². The van der Waals surface area contributed by atoms with Crippen LogP contribution in [0.2, 0.25) is 0 Å². The molecule has 314 valence electrons. The number of hydrogen-bond acceptors (Lipinski definition) is 0. The lowest BCUT2D eigenvalue weighted by molar-refractivity contribution is 0.584. The summed E-state index contributed by atoms with van der Waals surface area (Å²) < 4.78 is 5.20. The van der Waals surface area contributed by atoms with Crippen molar-refractivity contribution in [1.29, 1.82) is 0 Å². The molecule has 2 aromatic heterocycles. The monoisotopic (exact) mass is 828 g/mol. The van der Waals surface area contributed by atoms with Crippen LogP contribution >= 0.6 is 0 Å². The Kier molecular flexibility index (Phi) is 8.49. The van der Waals surface area contributed by atoms with E-state index in [0.29, 0.717) is 23.7 Å². The molecule has 64 heavy (non-hydrogen) atoms. The molecule has 0 N–H and O–H groups in total. The van der Waals surface area contributed by atoms with E-state index in [1.807, 2.05) is 0 Å². The molecule has 2 nitrogen and oxygen atoms in total. The largest absolute Gasteiger partial charge is 0.309 e. The molecular weight excluding hydrogens is 773 g/mol. The third kappa shape index (κ3) is 5.32. The number of rotatable bonds is 4. The SMILES string of the molecule is Cc1cc(-c2ccc3c(c2)c2cc4c5c(c2n3-c2ccccc2)C(C)C(C)c2cc3c6cc(-c7cc(C)c(C)c(C)c7)ccc6n(-c6ccccc6)c3c(c2-5)C(C)C4C)cc(C)c1C. The topological polar surface area (TPSA) is 9.86 Å². The molecule has 2 aliphatic rings. The second kappa shape index (κ2) is 13.9. The normalized spacial score (nSPS) is 17.8. The summed E-state index contributed by atoms with van der Waals surface area (Å²) in [5, 5.41) is 5.40. The van der Waals surface area contributed by atoms with Gasteiger partial charge in [-0.25, -0.2) is 0 Å². The number of para-hydroxylation sites is 2. The van der Waals surface area contributed by atoms with Gasteiger partial charge >= 0.3 is 0 Å². The number of aryl methyl sites for hydroxylation is 4. The molecule has 12 rings (SSSR count). The van der Waals surface area contributed by atoms with Crippen LogP contribution in [0.15, 0.2) is 133 Å². The third-order valence-electron chi connectivity index (χ3n) is 16.4. The Morgan fingerprint density at radius 1 is 0.344 bits per heavy atom. The van der Waals surface area contributed by atoms with Crippen molar-refractivity contribution >= 4 is 43.6 Å². The smallest absolute Gasteiger partial charge is 0.0582 e. The van der Waals surface area contributed by atoms with Crippen molar-refractivity contribution in [3.8, 4) is 44.8 Å². The van der Waals surface area contributed by atoms with E-state index < -0.39 is 0 Å². The third-order valence-corrected chi connectivity index (χ3v) is 16.4. The van der Waals surface area contributed by atoms with Crippen molar-refractivity contribution in [2.75, 3.05) is 0 Å². The fourth-order valence-electron chi connectivity index (χ4n) is 12.1. The number of fused-ring (bicyclic) bond motifs is 8. The summed E-state index contributed by atoms with van der Waals surface area (Å²) in [6.07, 6.45) is 0. The van der Waals surface area contributed by atoms with Crippen molar-refractivity contribution in [1.82, 2.24) is 9.13 Å².